The summed E-state index contributed by atoms with van der Waals surface area (Å²) in [4.78, 5) is 0. The molecule has 0 N–H and O–H groups in total. The third-order valence-electron chi connectivity index (χ3n) is 2.88. The highest BCUT2D eigenvalue weighted by Gasteiger charge is 2.36. The Morgan fingerprint density at radius 3 is 2.05 bits per heavy atom. The number of halogens is 3. The van der Waals surface area contributed by atoms with Crippen LogP contribution in [0.5, 0.6) is 0 Å². The fraction of sp³-hybridized carbons (Fsp3) is 0.769. The van der Waals surface area contributed by atoms with Crippen molar-refractivity contribution in [2.75, 3.05) is 0 Å². The van der Waals surface area contributed by atoms with E-state index in [2.05, 4.69) is 41.8 Å². The molecule has 130 valence electrons. The Hall–Kier alpha value is -1.09. The van der Waals surface area contributed by atoms with E-state index in [0.29, 0.717) is 0 Å². The molecule has 1 heterocycles. The van der Waals surface area contributed by atoms with Crippen LogP contribution in [-0.2, 0) is 23.7 Å². The number of alkyl halides is 3. The van der Waals surface area contributed by atoms with Gasteiger partial charge >= 0.3 is 5.51 Å². The molecule has 0 amide bonds. The summed E-state index contributed by atoms with van der Waals surface area (Å²) >= 11 is 0. The molecule has 9 heteroatoms. The van der Waals surface area contributed by atoms with Crippen LogP contribution in [0.3, 0.4) is 0 Å². The van der Waals surface area contributed by atoms with Crippen LogP contribution in [0.15, 0.2) is 18.7 Å². The first-order valence-electron chi connectivity index (χ1n) is 7.11. The van der Waals surface area contributed by atoms with E-state index < -0.39 is 15.6 Å². The number of imidazole rings is 1. The van der Waals surface area contributed by atoms with Crippen LogP contribution in [0.1, 0.15) is 45.4 Å². The number of unbranched alkanes of at least 4 members (excludes halogenated alkanes) is 5. The molecule has 1 aromatic heterocycles. The summed E-state index contributed by atoms with van der Waals surface area (Å²) in [6.45, 7) is 3.44. The topological polar surface area (TPSA) is 66.0 Å². The summed E-state index contributed by atoms with van der Waals surface area (Å²) in [6.07, 6.45) is 14.6. The standard InChI is InChI=1S/C12H23N2.CHF3O3S/c1-3-4-5-6-7-8-9-14-11-10-13(2)12-14;2-1(3,4)8(5,6)7/h10-12H,3-9H2,1-2H3;(H,5,6,7)/q+1;/p-1. The lowest BCUT2D eigenvalue weighted by atomic mass is 10.1. The molecule has 5 nitrogen and oxygen atoms in total. The molecule has 1 rings (SSSR count). The third kappa shape index (κ3) is 9.78. The number of hydrogen-bond acceptors (Lipinski definition) is 3. The van der Waals surface area contributed by atoms with Crippen molar-refractivity contribution in [1.82, 2.24) is 4.57 Å². The van der Waals surface area contributed by atoms with Gasteiger partial charge in [0.15, 0.2) is 10.1 Å². The molecule has 0 saturated carbocycles. The minimum Gasteiger partial charge on any atom is -0.741 e. The van der Waals surface area contributed by atoms with Gasteiger partial charge in [-0.15, -0.1) is 0 Å². The zero-order valence-electron chi connectivity index (χ0n) is 12.8. The SMILES string of the molecule is CCCCCCCCn1cc[n+](C)c1.O=S(=O)([O-])C(F)(F)F. The van der Waals surface area contributed by atoms with Crippen LogP contribution >= 0.6 is 0 Å². The maximum atomic E-state index is 10.7. The maximum Gasteiger partial charge on any atom is 0.485 e. The van der Waals surface area contributed by atoms with Crippen molar-refractivity contribution >= 4 is 10.1 Å². The van der Waals surface area contributed by atoms with Crippen molar-refractivity contribution in [3.8, 4) is 0 Å². The van der Waals surface area contributed by atoms with E-state index in [9.17, 15) is 13.2 Å². The predicted molar refractivity (Wildman–Crippen MR) is 74.7 cm³/mol. The van der Waals surface area contributed by atoms with E-state index in [0.717, 1.165) is 0 Å². The first-order valence-corrected chi connectivity index (χ1v) is 8.52. The Kier molecular flexibility index (Phi) is 9.34. The van der Waals surface area contributed by atoms with Crippen molar-refractivity contribution in [2.24, 2.45) is 7.05 Å². The summed E-state index contributed by atoms with van der Waals surface area (Å²) in [5, 5.41) is 0. The molecule has 0 aromatic carbocycles. The zero-order chi connectivity index (χ0) is 17.2. The third-order valence-corrected chi connectivity index (χ3v) is 3.44. The number of aromatic nitrogens is 2. The van der Waals surface area contributed by atoms with Gasteiger partial charge < -0.3 is 4.55 Å². The highest BCUT2D eigenvalue weighted by atomic mass is 32.2. The molecular formula is C13H23F3N2O3S. The number of aryl methyl sites for hydroxylation is 2. The molecule has 0 unspecified atom stereocenters. The molecule has 0 atom stereocenters. The Balaban J connectivity index is 0.000000472. The van der Waals surface area contributed by atoms with E-state index in [1.165, 1.54) is 45.1 Å². The van der Waals surface area contributed by atoms with Crippen molar-refractivity contribution in [1.29, 1.82) is 0 Å². The summed E-state index contributed by atoms with van der Waals surface area (Å²) in [5.41, 5.74) is -5.65. The minimum absolute atomic E-state index is 1.17. The lowest BCUT2D eigenvalue weighted by Gasteiger charge is -2.08. The Labute approximate surface area is 129 Å². The molecule has 0 spiro atoms. The quantitative estimate of drug-likeness (QED) is 0.331. The van der Waals surface area contributed by atoms with E-state index >= 15 is 0 Å². The Morgan fingerprint density at radius 2 is 1.64 bits per heavy atom. The zero-order valence-corrected chi connectivity index (χ0v) is 13.7. The number of hydrogen-bond donors (Lipinski definition) is 0. The monoisotopic (exact) mass is 344 g/mol. The summed E-state index contributed by atoms with van der Waals surface area (Å²) < 4.78 is 63.3. The molecule has 1 aromatic rings. The predicted octanol–water partition coefficient (Wildman–Crippen LogP) is 2.72. The van der Waals surface area contributed by atoms with Crippen LogP contribution in [0.4, 0.5) is 13.2 Å². The van der Waals surface area contributed by atoms with Crippen LogP contribution in [0, 0.1) is 0 Å². The van der Waals surface area contributed by atoms with Gasteiger partial charge in [-0.1, -0.05) is 32.6 Å². The second kappa shape index (κ2) is 9.83. The van der Waals surface area contributed by atoms with Gasteiger partial charge in [0.25, 0.3) is 0 Å². The maximum absolute atomic E-state index is 10.7. The van der Waals surface area contributed by atoms with Crippen LogP contribution in [0.25, 0.3) is 0 Å². The summed E-state index contributed by atoms with van der Waals surface area (Å²) in [6, 6.07) is 0. The molecule has 0 fully saturated rings. The highest BCUT2D eigenvalue weighted by molar-refractivity contribution is 7.86. The van der Waals surface area contributed by atoms with Gasteiger partial charge in [-0.05, 0) is 12.8 Å². The number of nitrogens with zero attached hydrogens (tertiary/aromatic N) is 2. The molecule has 0 saturated heterocycles. The second-order valence-electron chi connectivity index (χ2n) is 4.98. The molecule has 0 aliphatic carbocycles. The summed E-state index contributed by atoms with van der Waals surface area (Å²) in [5.74, 6) is 0. The first kappa shape index (κ1) is 20.9. The van der Waals surface area contributed by atoms with Gasteiger partial charge in [0.1, 0.15) is 12.4 Å². The van der Waals surface area contributed by atoms with Gasteiger partial charge in [0, 0.05) is 0 Å². The van der Waals surface area contributed by atoms with Crippen molar-refractivity contribution in [3.05, 3.63) is 18.7 Å². The lowest BCUT2D eigenvalue weighted by Crippen LogP contribution is -2.23. The first-order chi connectivity index (χ1) is 10.1. The highest BCUT2D eigenvalue weighted by Crippen LogP contribution is 2.20. The smallest absolute Gasteiger partial charge is 0.485 e. The fourth-order valence-corrected chi connectivity index (χ4v) is 1.71. The Bertz CT molecular complexity index is 513. The molecule has 0 aliphatic rings. The minimum atomic E-state index is -6.09. The van der Waals surface area contributed by atoms with E-state index in [-0.39, 0.29) is 0 Å². The van der Waals surface area contributed by atoms with Crippen molar-refractivity contribution in [2.45, 2.75) is 57.5 Å². The van der Waals surface area contributed by atoms with Gasteiger partial charge in [-0.25, -0.2) is 17.6 Å². The Morgan fingerprint density at radius 1 is 1.14 bits per heavy atom. The van der Waals surface area contributed by atoms with Crippen molar-refractivity contribution in [3.63, 3.8) is 0 Å². The van der Waals surface area contributed by atoms with Crippen LogP contribution in [-0.4, -0.2) is 23.0 Å². The second-order valence-corrected chi connectivity index (χ2v) is 6.36. The van der Waals surface area contributed by atoms with Crippen LogP contribution < -0.4 is 4.57 Å². The largest absolute Gasteiger partial charge is 0.741 e. The summed E-state index contributed by atoms with van der Waals surface area (Å²) in [7, 11) is -4.02. The normalized spacial score (nSPS) is 11.9. The van der Waals surface area contributed by atoms with Crippen LogP contribution in [0.2, 0.25) is 0 Å². The molecule has 0 bridgehead atoms. The number of rotatable bonds is 7. The van der Waals surface area contributed by atoms with Gasteiger partial charge in [0.05, 0.1) is 13.6 Å². The molecule has 22 heavy (non-hydrogen) atoms. The molecule has 0 radical (unpaired) electrons. The van der Waals surface area contributed by atoms with E-state index in [1.807, 2.05) is 0 Å². The lowest BCUT2D eigenvalue weighted by molar-refractivity contribution is -0.671. The average molecular weight is 344 g/mol. The fourth-order valence-electron chi connectivity index (χ4n) is 1.71. The van der Waals surface area contributed by atoms with Gasteiger partial charge in [-0.3, -0.25) is 0 Å². The average Bonchev–Trinajstić information content (AvgIpc) is 2.78. The molecule has 0 aliphatic heterocycles. The molecular weight excluding hydrogens is 321 g/mol. The van der Waals surface area contributed by atoms with E-state index in [1.54, 1.807) is 0 Å². The van der Waals surface area contributed by atoms with Crippen molar-refractivity contribution < 1.29 is 30.7 Å². The van der Waals surface area contributed by atoms with Gasteiger partial charge in [0.2, 0.25) is 6.33 Å². The van der Waals surface area contributed by atoms with Gasteiger partial charge in [-0.2, -0.15) is 13.2 Å². The van der Waals surface area contributed by atoms with E-state index in [4.69, 9.17) is 13.0 Å².